The van der Waals surface area contributed by atoms with Gasteiger partial charge in [0.05, 0.1) is 0 Å². The number of carbonyl (C=O) groups is 2. The second-order valence-corrected chi connectivity index (χ2v) is 10.2. The zero-order chi connectivity index (χ0) is 18.0. The molecule has 25 heavy (non-hydrogen) atoms. The van der Waals surface area contributed by atoms with E-state index in [0.29, 0.717) is 34.9 Å². The Hall–Kier alpha value is -0.860. The fraction of sp³-hybridized carbons (Fsp3) is 0.909. The molecule has 0 amide bonds. The molecule has 4 fully saturated rings. The number of hydrogen-bond donors (Lipinski definition) is 0. The smallest absolute Gasteiger partial charge is 0.302 e. The van der Waals surface area contributed by atoms with Gasteiger partial charge in [-0.05, 0) is 67.6 Å². The first-order chi connectivity index (χ1) is 11.8. The first kappa shape index (κ1) is 17.5. The number of ether oxygens (including phenoxy) is 1. The van der Waals surface area contributed by atoms with E-state index in [9.17, 15) is 9.59 Å². The molecule has 0 unspecified atom stereocenters. The highest BCUT2D eigenvalue weighted by atomic mass is 16.5. The van der Waals surface area contributed by atoms with E-state index >= 15 is 0 Å². The number of hydrogen-bond acceptors (Lipinski definition) is 3. The van der Waals surface area contributed by atoms with Crippen LogP contribution in [0, 0.1) is 40.4 Å². The molecule has 0 aromatic heterocycles. The van der Waals surface area contributed by atoms with Gasteiger partial charge >= 0.3 is 5.97 Å². The van der Waals surface area contributed by atoms with Crippen molar-refractivity contribution in [3.8, 4) is 0 Å². The summed E-state index contributed by atoms with van der Waals surface area (Å²) in [6.45, 7) is 8.64. The van der Waals surface area contributed by atoms with Crippen molar-refractivity contribution in [2.75, 3.05) is 0 Å². The van der Waals surface area contributed by atoms with Gasteiger partial charge in [0.15, 0.2) is 0 Å². The van der Waals surface area contributed by atoms with Crippen LogP contribution in [0.3, 0.4) is 0 Å². The third-order valence-corrected chi connectivity index (χ3v) is 8.95. The van der Waals surface area contributed by atoms with Crippen molar-refractivity contribution in [3.63, 3.8) is 0 Å². The number of esters is 1. The van der Waals surface area contributed by atoms with Gasteiger partial charge in [0.1, 0.15) is 11.9 Å². The Bertz CT molecular complexity index is 584. The third kappa shape index (κ3) is 2.51. The Morgan fingerprint density at radius 1 is 1.08 bits per heavy atom. The van der Waals surface area contributed by atoms with E-state index in [4.69, 9.17) is 4.74 Å². The van der Waals surface area contributed by atoms with Gasteiger partial charge in [-0.1, -0.05) is 27.2 Å². The lowest BCUT2D eigenvalue weighted by atomic mass is 9.44. The van der Waals surface area contributed by atoms with E-state index in [-0.39, 0.29) is 17.5 Å². The predicted molar refractivity (Wildman–Crippen MR) is 96.8 cm³/mol. The van der Waals surface area contributed by atoms with E-state index in [1.807, 2.05) is 0 Å². The van der Waals surface area contributed by atoms with Gasteiger partial charge in [-0.2, -0.15) is 0 Å². The third-order valence-electron chi connectivity index (χ3n) is 8.95. The lowest BCUT2D eigenvalue weighted by molar-refractivity contribution is -0.188. The normalized spacial score (nSPS) is 52.1. The van der Waals surface area contributed by atoms with Crippen molar-refractivity contribution in [2.24, 2.45) is 40.4 Å². The molecule has 0 spiro atoms. The van der Waals surface area contributed by atoms with Gasteiger partial charge < -0.3 is 4.74 Å². The molecule has 0 aliphatic heterocycles. The van der Waals surface area contributed by atoms with Crippen LogP contribution in [-0.4, -0.2) is 17.9 Å². The summed E-state index contributed by atoms with van der Waals surface area (Å²) in [5.41, 5.74) is 0.214. The van der Waals surface area contributed by atoms with E-state index in [1.165, 1.54) is 19.3 Å². The standard InChI is InChI=1S/C22H34O3/c1-13-7-9-21(3)15(11-13)12-18(25-14(2)23)20-16-5-6-19(24)22(16,4)10-8-17(20)21/h13,15-18,20H,5-12H2,1-4H3/t13-,15+,16+,17+,18-,20+,21+,22+/m1/s1. The molecule has 0 aromatic carbocycles. The van der Waals surface area contributed by atoms with Gasteiger partial charge in [0.25, 0.3) is 0 Å². The number of Topliss-reactive ketones (excluding diaryl/α,β-unsaturated/α-hetero) is 1. The molecule has 0 aromatic rings. The largest absolute Gasteiger partial charge is 0.462 e. The second kappa shape index (κ2) is 5.82. The molecule has 8 atom stereocenters. The van der Waals surface area contributed by atoms with E-state index in [0.717, 1.165) is 38.0 Å². The molecule has 4 saturated carbocycles. The number of carbonyl (C=O) groups excluding carboxylic acids is 2. The van der Waals surface area contributed by atoms with E-state index in [2.05, 4.69) is 20.8 Å². The Labute approximate surface area is 152 Å². The summed E-state index contributed by atoms with van der Waals surface area (Å²) in [6.07, 6.45) is 8.88. The Balaban J connectivity index is 1.71. The molecule has 140 valence electrons. The minimum atomic E-state index is -0.162. The highest BCUT2D eigenvalue weighted by Gasteiger charge is 2.63. The second-order valence-electron chi connectivity index (χ2n) is 10.2. The Kier molecular flexibility index (Phi) is 4.09. The lowest BCUT2D eigenvalue weighted by Gasteiger charge is -2.61. The van der Waals surface area contributed by atoms with E-state index < -0.39 is 0 Å². The lowest BCUT2D eigenvalue weighted by Crippen LogP contribution is -2.58. The topological polar surface area (TPSA) is 43.4 Å². The van der Waals surface area contributed by atoms with Crippen LogP contribution in [0.5, 0.6) is 0 Å². The fourth-order valence-electron chi connectivity index (χ4n) is 7.52. The first-order valence-corrected chi connectivity index (χ1v) is 10.5. The van der Waals surface area contributed by atoms with Gasteiger partial charge in [-0.25, -0.2) is 0 Å². The molecule has 0 radical (unpaired) electrons. The van der Waals surface area contributed by atoms with Crippen molar-refractivity contribution in [1.82, 2.24) is 0 Å². The van der Waals surface area contributed by atoms with Crippen LogP contribution in [0.4, 0.5) is 0 Å². The Morgan fingerprint density at radius 2 is 1.84 bits per heavy atom. The molecule has 0 heterocycles. The molecule has 4 rings (SSSR count). The SMILES string of the molecule is CC(=O)O[C@@H]1C[C@@H]2C[C@H](C)CC[C@]2(C)[C@H]2CC[C@]3(C)C(=O)CC[C@H]3[C@H]12. The summed E-state index contributed by atoms with van der Waals surface area (Å²) in [5, 5.41) is 0. The van der Waals surface area contributed by atoms with Crippen molar-refractivity contribution in [2.45, 2.75) is 85.2 Å². The quantitative estimate of drug-likeness (QED) is 0.642. The fourth-order valence-corrected chi connectivity index (χ4v) is 7.52. The molecular formula is C22H34O3. The zero-order valence-electron chi connectivity index (χ0n) is 16.3. The predicted octanol–water partition coefficient (Wildman–Crippen LogP) is 4.78. The monoisotopic (exact) mass is 346 g/mol. The summed E-state index contributed by atoms with van der Waals surface area (Å²) in [4.78, 5) is 24.5. The highest BCUT2D eigenvalue weighted by molar-refractivity contribution is 5.87. The molecule has 3 heteroatoms. The molecule has 3 nitrogen and oxygen atoms in total. The molecule has 0 saturated heterocycles. The van der Waals surface area contributed by atoms with E-state index in [1.54, 1.807) is 6.92 Å². The summed E-state index contributed by atoms with van der Waals surface area (Å²) >= 11 is 0. The minimum Gasteiger partial charge on any atom is -0.462 e. The van der Waals surface area contributed by atoms with Crippen LogP contribution in [0.15, 0.2) is 0 Å². The average molecular weight is 347 g/mol. The van der Waals surface area contributed by atoms with Crippen LogP contribution in [0.1, 0.15) is 79.1 Å². The van der Waals surface area contributed by atoms with Crippen LogP contribution in [0.2, 0.25) is 0 Å². The number of fused-ring (bicyclic) bond motifs is 5. The van der Waals surface area contributed by atoms with Crippen molar-refractivity contribution >= 4 is 11.8 Å². The van der Waals surface area contributed by atoms with Crippen LogP contribution >= 0.6 is 0 Å². The maximum atomic E-state index is 12.6. The summed E-state index contributed by atoms with van der Waals surface area (Å²) in [7, 11) is 0. The van der Waals surface area contributed by atoms with Crippen molar-refractivity contribution < 1.29 is 14.3 Å². The molecule has 0 N–H and O–H groups in total. The van der Waals surface area contributed by atoms with Crippen molar-refractivity contribution in [1.29, 1.82) is 0 Å². The number of rotatable bonds is 1. The zero-order valence-corrected chi connectivity index (χ0v) is 16.3. The van der Waals surface area contributed by atoms with Crippen LogP contribution in [0.25, 0.3) is 0 Å². The number of ketones is 1. The van der Waals surface area contributed by atoms with Crippen molar-refractivity contribution in [3.05, 3.63) is 0 Å². The molecular weight excluding hydrogens is 312 g/mol. The average Bonchev–Trinajstić information content (AvgIpc) is 2.84. The summed E-state index contributed by atoms with van der Waals surface area (Å²) < 4.78 is 5.93. The Morgan fingerprint density at radius 3 is 2.56 bits per heavy atom. The van der Waals surface area contributed by atoms with Gasteiger partial charge in [-0.15, -0.1) is 0 Å². The maximum absolute atomic E-state index is 12.6. The summed E-state index contributed by atoms with van der Waals surface area (Å²) in [6, 6.07) is 0. The van der Waals surface area contributed by atoms with Gasteiger partial charge in [-0.3, -0.25) is 9.59 Å². The van der Waals surface area contributed by atoms with Gasteiger partial charge in [0.2, 0.25) is 0 Å². The molecule has 0 bridgehead atoms. The first-order valence-electron chi connectivity index (χ1n) is 10.5. The highest BCUT2D eigenvalue weighted by Crippen LogP contribution is 2.66. The van der Waals surface area contributed by atoms with Gasteiger partial charge in [0, 0.05) is 24.7 Å². The van der Waals surface area contributed by atoms with Crippen LogP contribution < -0.4 is 0 Å². The molecule has 4 aliphatic rings. The summed E-state index contributed by atoms with van der Waals surface area (Å²) in [5.74, 6) is 3.20. The minimum absolute atomic E-state index is 0.0291. The maximum Gasteiger partial charge on any atom is 0.302 e. The molecule has 4 aliphatic carbocycles. The van der Waals surface area contributed by atoms with Crippen LogP contribution in [-0.2, 0) is 14.3 Å².